The Hall–Kier alpha value is -1.96. The number of pyridine rings is 1. The predicted octanol–water partition coefficient (Wildman–Crippen LogP) is 6.68. The number of fused-ring (bicyclic) bond motifs is 4. The number of halogens is 2. The van der Waals surface area contributed by atoms with E-state index in [1.165, 1.54) is 18.4 Å². The highest BCUT2D eigenvalue weighted by Gasteiger charge is 2.53. The standard InChI is InChI=1S/C25H24BrClN2O3S/c1-14-20(22(30)29-25-10-7-24(8-11-25,9-12-25)23(31)32-2)16-13-15(26)3-4-17(16)28-21(14)18-5-6-19(27)33-18/h3-6,13H,7-12H2,1-2H3,(H,29,30). The Morgan fingerprint density at radius 3 is 2.42 bits per heavy atom. The summed E-state index contributed by atoms with van der Waals surface area (Å²) in [6.45, 7) is 1.95. The molecule has 3 saturated carbocycles. The molecule has 2 heterocycles. The fraction of sp³-hybridized carbons (Fsp3) is 0.400. The first-order valence-corrected chi connectivity index (χ1v) is 13.0. The largest absolute Gasteiger partial charge is 0.469 e. The number of benzene rings is 1. The van der Waals surface area contributed by atoms with E-state index in [2.05, 4.69) is 21.2 Å². The Labute approximate surface area is 210 Å². The first-order chi connectivity index (χ1) is 15.8. The fourth-order valence-electron chi connectivity index (χ4n) is 5.50. The number of nitrogens with zero attached hydrogens (tertiary/aromatic N) is 1. The molecule has 172 valence electrons. The van der Waals surface area contributed by atoms with Gasteiger partial charge < -0.3 is 10.1 Å². The van der Waals surface area contributed by atoms with Gasteiger partial charge in [0.25, 0.3) is 5.91 Å². The minimum atomic E-state index is -0.378. The number of amides is 1. The summed E-state index contributed by atoms with van der Waals surface area (Å²) in [6.07, 6.45) is 4.61. The van der Waals surface area contributed by atoms with Crippen molar-refractivity contribution in [1.82, 2.24) is 10.3 Å². The molecule has 1 amide bonds. The van der Waals surface area contributed by atoms with E-state index in [0.717, 1.165) is 70.0 Å². The highest BCUT2D eigenvalue weighted by atomic mass is 79.9. The topological polar surface area (TPSA) is 68.3 Å². The van der Waals surface area contributed by atoms with Gasteiger partial charge in [0.15, 0.2) is 0 Å². The SMILES string of the molecule is COC(=O)C12CCC(NC(=O)c3c(C)c(-c4ccc(Cl)s4)nc4ccc(Br)cc34)(CC1)CC2. The van der Waals surface area contributed by atoms with Crippen LogP contribution in [0.4, 0.5) is 0 Å². The van der Waals surface area contributed by atoms with Crippen LogP contribution in [-0.4, -0.2) is 29.5 Å². The Balaban J connectivity index is 1.53. The number of thiophene rings is 1. The molecule has 5 nitrogen and oxygen atoms in total. The molecule has 0 radical (unpaired) electrons. The Morgan fingerprint density at radius 2 is 1.82 bits per heavy atom. The second kappa shape index (κ2) is 8.36. The zero-order valence-electron chi connectivity index (χ0n) is 18.5. The van der Waals surface area contributed by atoms with E-state index in [0.29, 0.717) is 9.90 Å². The van der Waals surface area contributed by atoms with Crippen molar-refractivity contribution >= 4 is 61.6 Å². The molecule has 3 aliphatic carbocycles. The van der Waals surface area contributed by atoms with Gasteiger partial charge in [-0.2, -0.15) is 0 Å². The summed E-state index contributed by atoms with van der Waals surface area (Å²) in [5.41, 5.74) is 2.36. The third kappa shape index (κ3) is 3.88. The van der Waals surface area contributed by atoms with Gasteiger partial charge in [0.1, 0.15) is 0 Å². The summed E-state index contributed by atoms with van der Waals surface area (Å²) in [4.78, 5) is 32.0. The highest BCUT2D eigenvalue weighted by molar-refractivity contribution is 9.10. The van der Waals surface area contributed by atoms with Crippen LogP contribution in [-0.2, 0) is 9.53 Å². The van der Waals surface area contributed by atoms with Gasteiger partial charge in [-0.3, -0.25) is 9.59 Å². The lowest BCUT2D eigenvalue weighted by atomic mass is 9.57. The van der Waals surface area contributed by atoms with Crippen molar-refractivity contribution in [2.45, 2.75) is 51.0 Å². The van der Waals surface area contributed by atoms with E-state index >= 15 is 0 Å². The van der Waals surface area contributed by atoms with Crippen LogP contribution in [0, 0.1) is 12.3 Å². The van der Waals surface area contributed by atoms with Gasteiger partial charge in [-0.25, -0.2) is 4.98 Å². The lowest BCUT2D eigenvalue weighted by molar-refractivity contribution is -0.160. The van der Waals surface area contributed by atoms with Gasteiger partial charge in [-0.05, 0) is 81.3 Å². The Morgan fingerprint density at radius 1 is 1.12 bits per heavy atom. The van der Waals surface area contributed by atoms with Gasteiger partial charge >= 0.3 is 5.97 Å². The van der Waals surface area contributed by atoms with Crippen LogP contribution in [0.25, 0.3) is 21.5 Å². The predicted molar refractivity (Wildman–Crippen MR) is 135 cm³/mol. The van der Waals surface area contributed by atoms with Gasteiger partial charge in [0.05, 0.1) is 38.5 Å². The number of ether oxygens (including phenoxy) is 1. The number of esters is 1. The molecule has 0 atom stereocenters. The molecule has 3 aliphatic rings. The van der Waals surface area contributed by atoms with E-state index in [-0.39, 0.29) is 22.8 Å². The zero-order chi connectivity index (χ0) is 23.4. The molecule has 1 N–H and O–H groups in total. The van der Waals surface area contributed by atoms with Crippen LogP contribution in [0.3, 0.4) is 0 Å². The van der Waals surface area contributed by atoms with Crippen molar-refractivity contribution in [3.05, 3.63) is 50.3 Å². The number of nitrogens with one attached hydrogen (secondary N) is 1. The minimum absolute atomic E-state index is 0.0885. The number of hydrogen-bond donors (Lipinski definition) is 1. The lowest BCUT2D eigenvalue weighted by Gasteiger charge is -2.52. The van der Waals surface area contributed by atoms with Gasteiger partial charge in [-0.1, -0.05) is 27.5 Å². The highest BCUT2D eigenvalue weighted by Crippen LogP contribution is 2.53. The molecule has 0 aliphatic heterocycles. The van der Waals surface area contributed by atoms with Crippen LogP contribution >= 0.6 is 38.9 Å². The van der Waals surface area contributed by atoms with E-state index in [9.17, 15) is 9.59 Å². The van der Waals surface area contributed by atoms with Crippen molar-refractivity contribution in [3.63, 3.8) is 0 Å². The summed E-state index contributed by atoms with van der Waals surface area (Å²) in [6, 6.07) is 9.62. The van der Waals surface area contributed by atoms with Crippen LogP contribution in [0.2, 0.25) is 4.34 Å². The van der Waals surface area contributed by atoms with Gasteiger partial charge in [-0.15, -0.1) is 11.3 Å². The number of aromatic nitrogens is 1. The number of carbonyl (C=O) groups excluding carboxylic acids is 2. The van der Waals surface area contributed by atoms with E-state index in [1.807, 2.05) is 37.3 Å². The smallest absolute Gasteiger partial charge is 0.311 e. The van der Waals surface area contributed by atoms with Crippen LogP contribution in [0.15, 0.2) is 34.8 Å². The summed E-state index contributed by atoms with van der Waals surface area (Å²) in [5.74, 6) is -0.198. The Kier molecular flexibility index (Phi) is 5.78. The molecular weight excluding hydrogens is 524 g/mol. The molecule has 1 aromatic carbocycles. The number of hydrogen-bond acceptors (Lipinski definition) is 5. The molecule has 3 aromatic rings. The molecule has 2 bridgehead atoms. The van der Waals surface area contributed by atoms with E-state index < -0.39 is 0 Å². The lowest BCUT2D eigenvalue weighted by Crippen LogP contribution is -2.58. The number of carbonyl (C=O) groups is 2. The van der Waals surface area contributed by atoms with E-state index in [1.54, 1.807) is 0 Å². The molecule has 0 unspecified atom stereocenters. The number of methoxy groups -OCH3 is 1. The fourth-order valence-corrected chi connectivity index (χ4v) is 6.96. The quantitative estimate of drug-likeness (QED) is 0.370. The second-order valence-corrected chi connectivity index (χ2v) is 11.9. The van der Waals surface area contributed by atoms with Crippen molar-refractivity contribution in [3.8, 4) is 10.6 Å². The van der Waals surface area contributed by atoms with E-state index in [4.69, 9.17) is 21.3 Å². The first kappa shape index (κ1) is 22.8. The summed E-state index contributed by atoms with van der Waals surface area (Å²) in [5, 5.41) is 4.21. The maximum absolute atomic E-state index is 13.8. The first-order valence-electron chi connectivity index (χ1n) is 11.0. The molecule has 3 fully saturated rings. The van der Waals surface area contributed by atoms with Crippen molar-refractivity contribution in [2.24, 2.45) is 5.41 Å². The summed E-state index contributed by atoms with van der Waals surface area (Å²) >= 11 is 11.2. The molecule has 33 heavy (non-hydrogen) atoms. The number of rotatable bonds is 4. The van der Waals surface area contributed by atoms with Crippen molar-refractivity contribution in [1.29, 1.82) is 0 Å². The zero-order valence-corrected chi connectivity index (χ0v) is 21.6. The maximum atomic E-state index is 13.8. The van der Waals surface area contributed by atoms with Gasteiger partial charge in [0.2, 0.25) is 0 Å². The Bertz CT molecular complexity index is 1260. The van der Waals surface area contributed by atoms with Crippen LogP contribution in [0.5, 0.6) is 0 Å². The summed E-state index contributed by atoms with van der Waals surface area (Å²) < 4.78 is 6.66. The molecule has 0 spiro atoms. The average Bonchev–Trinajstić information content (AvgIpc) is 3.25. The molecular formula is C25H24BrClN2O3S. The summed E-state index contributed by atoms with van der Waals surface area (Å²) in [7, 11) is 1.46. The van der Waals surface area contributed by atoms with Crippen molar-refractivity contribution < 1.29 is 14.3 Å². The maximum Gasteiger partial charge on any atom is 0.311 e. The molecule has 0 saturated heterocycles. The second-order valence-electron chi connectivity index (χ2n) is 9.23. The molecule has 2 aromatic heterocycles. The molecule has 6 rings (SSSR count). The average molecular weight is 548 g/mol. The third-order valence-electron chi connectivity index (χ3n) is 7.47. The third-order valence-corrected chi connectivity index (χ3v) is 9.20. The monoisotopic (exact) mass is 546 g/mol. The molecule has 8 heteroatoms. The van der Waals surface area contributed by atoms with Crippen molar-refractivity contribution in [2.75, 3.05) is 7.11 Å². The normalized spacial score (nSPS) is 24.1. The minimum Gasteiger partial charge on any atom is -0.469 e. The van der Waals surface area contributed by atoms with Crippen LogP contribution < -0.4 is 5.32 Å². The van der Waals surface area contributed by atoms with Crippen LogP contribution in [0.1, 0.15) is 54.4 Å². The van der Waals surface area contributed by atoms with Gasteiger partial charge in [0, 0.05) is 15.4 Å².